The van der Waals surface area contributed by atoms with Gasteiger partial charge >= 0.3 is 0 Å². The van der Waals surface area contributed by atoms with Crippen LogP contribution >= 0.6 is 12.4 Å². The summed E-state index contributed by atoms with van der Waals surface area (Å²) < 4.78 is 5.25. The summed E-state index contributed by atoms with van der Waals surface area (Å²) in [6.45, 7) is 2.68. The minimum absolute atomic E-state index is 0. The van der Waals surface area contributed by atoms with Crippen LogP contribution in [0.25, 0.3) is 11.4 Å². The summed E-state index contributed by atoms with van der Waals surface area (Å²) in [6.07, 6.45) is 12.3. The maximum Gasteiger partial charge on any atom is 0.233 e. The summed E-state index contributed by atoms with van der Waals surface area (Å²) in [5.41, 5.74) is 7.54. The number of rotatable bonds is 14. The molecule has 0 atom stereocenters. The second kappa shape index (κ2) is 15.0. The number of hydrogen-bond donors (Lipinski definition) is 2. The zero-order valence-corrected chi connectivity index (χ0v) is 18.3. The van der Waals surface area contributed by atoms with Gasteiger partial charge in [0.15, 0.2) is 0 Å². The monoisotopic (exact) mass is 422 g/mol. The van der Waals surface area contributed by atoms with E-state index in [4.69, 9.17) is 10.3 Å². The molecule has 1 aromatic heterocycles. The molecule has 0 saturated carbocycles. The number of carbonyl (C=O) groups is 1. The van der Waals surface area contributed by atoms with Gasteiger partial charge < -0.3 is 15.6 Å². The number of amides is 1. The summed E-state index contributed by atoms with van der Waals surface area (Å²) in [7, 11) is 0. The van der Waals surface area contributed by atoms with E-state index in [-0.39, 0.29) is 24.9 Å². The van der Waals surface area contributed by atoms with Crippen LogP contribution in [0.15, 0.2) is 28.8 Å². The summed E-state index contributed by atoms with van der Waals surface area (Å²) in [4.78, 5) is 15.5. The van der Waals surface area contributed by atoms with Gasteiger partial charge in [0.1, 0.15) is 0 Å². The molecule has 2 rings (SSSR count). The Hall–Kier alpha value is -1.92. The van der Waals surface area contributed by atoms with Crippen LogP contribution in [0.3, 0.4) is 0 Å². The van der Waals surface area contributed by atoms with Crippen molar-refractivity contribution in [3.63, 3.8) is 0 Å². The van der Waals surface area contributed by atoms with Crippen molar-refractivity contribution in [2.75, 3.05) is 13.1 Å². The van der Waals surface area contributed by atoms with E-state index in [1.807, 2.05) is 12.1 Å². The highest BCUT2D eigenvalue weighted by molar-refractivity contribution is 5.85. The first-order valence-electron chi connectivity index (χ1n) is 10.6. The molecule has 162 valence electrons. The van der Waals surface area contributed by atoms with Gasteiger partial charge in [-0.25, -0.2) is 0 Å². The van der Waals surface area contributed by atoms with E-state index < -0.39 is 0 Å². The fraction of sp³-hybridized carbons (Fsp3) is 0.591. The van der Waals surface area contributed by atoms with E-state index >= 15 is 0 Å². The Balaban J connectivity index is 0.00000420. The second-order valence-corrected chi connectivity index (χ2v) is 7.24. The molecule has 0 radical (unpaired) electrons. The third kappa shape index (κ3) is 9.90. The third-order valence-corrected chi connectivity index (χ3v) is 4.85. The van der Waals surface area contributed by atoms with E-state index in [1.165, 1.54) is 56.9 Å². The molecule has 2 aromatic rings. The topological polar surface area (TPSA) is 94.0 Å². The Kier molecular flexibility index (Phi) is 13.0. The van der Waals surface area contributed by atoms with Gasteiger partial charge in [0.05, 0.1) is 6.54 Å². The first kappa shape index (κ1) is 25.1. The molecule has 0 spiro atoms. The molecular formula is C22H35ClN4O2. The normalized spacial score (nSPS) is 10.6. The molecule has 0 aliphatic heterocycles. The van der Waals surface area contributed by atoms with Gasteiger partial charge in [0.25, 0.3) is 0 Å². The summed E-state index contributed by atoms with van der Waals surface area (Å²) in [6, 6.07) is 8.39. The quantitative estimate of drug-likeness (QED) is 0.438. The fourth-order valence-electron chi connectivity index (χ4n) is 3.14. The Morgan fingerprint density at radius 1 is 1.00 bits per heavy atom. The molecule has 6 nitrogen and oxygen atoms in total. The van der Waals surface area contributed by atoms with Gasteiger partial charge in [-0.1, -0.05) is 81.3 Å². The molecule has 0 unspecified atom stereocenters. The zero-order chi connectivity index (χ0) is 20.0. The van der Waals surface area contributed by atoms with Crippen molar-refractivity contribution in [1.82, 2.24) is 15.5 Å². The van der Waals surface area contributed by atoms with Crippen LogP contribution in [-0.4, -0.2) is 29.1 Å². The van der Waals surface area contributed by atoms with E-state index in [9.17, 15) is 4.79 Å². The van der Waals surface area contributed by atoms with Gasteiger partial charge in [-0.05, 0) is 18.4 Å². The average Bonchev–Trinajstić information content (AvgIpc) is 3.19. The Labute approximate surface area is 180 Å². The average molecular weight is 423 g/mol. The Morgan fingerprint density at radius 3 is 2.31 bits per heavy atom. The van der Waals surface area contributed by atoms with E-state index in [0.717, 1.165) is 12.0 Å². The van der Waals surface area contributed by atoms with E-state index in [1.54, 1.807) is 0 Å². The molecule has 0 fully saturated rings. The Morgan fingerprint density at radius 2 is 1.66 bits per heavy atom. The minimum atomic E-state index is -0.188. The molecule has 7 heteroatoms. The first-order valence-corrected chi connectivity index (χ1v) is 10.6. The van der Waals surface area contributed by atoms with Crippen LogP contribution in [0.4, 0.5) is 0 Å². The van der Waals surface area contributed by atoms with Crippen molar-refractivity contribution < 1.29 is 9.32 Å². The maximum absolute atomic E-state index is 11.1. The molecule has 0 aliphatic rings. The lowest BCUT2D eigenvalue weighted by Crippen LogP contribution is -2.31. The predicted octanol–water partition coefficient (Wildman–Crippen LogP) is 4.46. The van der Waals surface area contributed by atoms with Crippen LogP contribution in [0.2, 0.25) is 0 Å². The molecule has 1 amide bonds. The van der Waals surface area contributed by atoms with Gasteiger partial charge in [0.2, 0.25) is 17.6 Å². The lowest BCUT2D eigenvalue weighted by atomic mass is 10.0. The van der Waals surface area contributed by atoms with Crippen molar-refractivity contribution in [2.24, 2.45) is 5.73 Å². The predicted molar refractivity (Wildman–Crippen MR) is 119 cm³/mol. The second-order valence-electron chi connectivity index (χ2n) is 7.24. The Bertz CT molecular complexity index is 688. The van der Waals surface area contributed by atoms with Crippen LogP contribution in [0.5, 0.6) is 0 Å². The third-order valence-electron chi connectivity index (χ3n) is 4.85. The number of unbranched alkanes of at least 4 members (excludes halogenated alkanes) is 7. The van der Waals surface area contributed by atoms with Gasteiger partial charge in [-0.15, -0.1) is 12.4 Å². The van der Waals surface area contributed by atoms with E-state index in [2.05, 4.69) is 34.5 Å². The molecule has 1 heterocycles. The molecule has 0 aliphatic carbocycles. The van der Waals surface area contributed by atoms with Crippen LogP contribution < -0.4 is 11.1 Å². The number of nitrogens with one attached hydrogen (secondary N) is 1. The number of aryl methyl sites for hydroxylation is 1. The number of benzene rings is 1. The van der Waals surface area contributed by atoms with Gasteiger partial charge in [0, 0.05) is 18.5 Å². The minimum Gasteiger partial charge on any atom is -0.354 e. The lowest BCUT2D eigenvalue weighted by Gasteiger charge is -2.03. The first-order chi connectivity index (χ1) is 13.7. The highest BCUT2D eigenvalue weighted by Crippen LogP contribution is 2.18. The summed E-state index contributed by atoms with van der Waals surface area (Å²) in [5.74, 6) is 0.904. The van der Waals surface area contributed by atoms with E-state index in [0.29, 0.717) is 24.7 Å². The van der Waals surface area contributed by atoms with Crippen LogP contribution in [0, 0.1) is 0 Å². The fourth-order valence-corrected chi connectivity index (χ4v) is 3.14. The number of nitrogens with zero attached hydrogens (tertiary/aromatic N) is 2. The van der Waals surface area contributed by atoms with Gasteiger partial charge in [-0.2, -0.15) is 4.98 Å². The van der Waals surface area contributed by atoms with Crippen LogP contribution in [-0.2, 0) is 17.6 Å². The number of hydrogen-bond acceptors (Lipinski definition) is 5. The molecule has 3 N–H and O–H groups in total. The molecule has 1 aromatic carbocycles. The molecule has 0 saturated heterocycles. The molecular weight excluding hydrogens is 388 g/mol. The summed E-state index contributed by atoms with van der Waals surface area (Å²) >= 11 is 0. The number of carbonyl (C=O) groups excluding carboxylic acids is 1. The highest BCUT2D eigenvalue weighted by Gasteiger charge is 2.09. The smallest absolute Gasteiger partial charge is 0.233 e. The van der Waals surface area contributed by atoms with Crippen LogP contribution in [0.1, 0.15) is 69.7 Å². The highest BCUT2D eigenvalue weighted by atomic mass is 35.5. The number of halogens is 1. The number of nitrogens with two attached hydrogens (primary N) is 1. The summed E-state index contributed by atoms with van der Waals surface area (Å²) in [5, 5.41) is 6.71. The van der Waals surface area contributed by atoms with Crippen molar-refractivity contribution in [3.05, 3.63) is 35.7 Å². The van der Waals surface area contributed by atoms with Gasteiger partial charge in [-0.3, -0.25) is 4.79 Å². The van der Waals surface area contributed by atoms with Crippen molar-refractivity contribution in [1.29, 1.82) is 0 Å². The standard InChI is InChI=1S/C22H34N4O2.ClH/c1-2-3-4-5-6-7-8-9-10-18-11-13-19(14-12-18)22-25-21(28-26-22)15-16-24-20(27)17-23;/h11-14H,2-10,15-17,23H2,1H3,(H,24,27);1H. The largest absolute Gasteiger partial charge is 0.354 e. The SMILES string of the molecule is CCCCCCCCCCc1ccc(-c2noc(CCNC(=O)CN)n2)cc1.Cl. The zero-order valence-electron chi connectivity index (χ0n) is 17.5. The maximum atomic E-state index is 11.1. The van der Waals surface area contributed by atoms with Crippen molar-refractivity contribution in [2.45, 2.75) is 71.1 Å². The lowest BCUT2D eigenvalue weighted by molar-refractivity contribution is -0.119. The molecule has 29 heavy (non-hydrogen) atoms. The number of aromatic nitrogens is 2. The molecule has 0 bridgehead atoms. The van der Waals surface area contributed by atoms with Crippen molar-refractivity contribution in [3.8, 4) is 11.4 Å². The van der Waals surface area contributed by atoms with Crippen molar-refractivity contribution >= 4 is 18.3 Å².